The SMILES string of the molecule is CCC(C)CC(C)NC(=O)c1c(O)cccc1F. The zero-order valence-corrected chi connectivity index (χ0v) is 11.0. The Morgan fingerprint density at radius 2 is 2.11 bits per heavy atom. The van der Waals surface area contributed by atoms with Crippen LogP contribution in [0.3, 0.4) is 0 Å². The summed E-state index contributed by atoms with van der Waals surface area (Å²) in [5.74, 6) is -1.11. The summed E-state index contributed by atoms with van der Waals surface area (Å²) in [7, 11) is 0. The van der Waals surface area contributed by atoms with Crippen molar-refractivity contribution in [3.8, 4) is 5.75 Å². The lowest BCUT2D eigenvalue weighted by atomic mass is 10.00. The van der Waals surface area contributed by atoms with Crippen LogP contribution in [0, 0.1) is 11.7 Å². The lowest BCUT2D eigenvalue weighted by molar-refractivity contribution is 0.0928. The molecule has 0 heterocycles. The van der Waals surface area contributed by atoms with Crippen molar-refractivity contribution in [2.45, 2.75) is 39.7 Å². The summed E-state index contributed by atoms with van der Waals surface area (Å²) in [6.45, 7) is 6.06. The van der Waals surface area contributed by atoms with Crippen molar-refractivity contribution in [1.82, 2.24) is 5.32 Å². The molecule has 1 rings (SSSR count). The van der Waals surface area contributed by atoms with Gasteiger partial charge in [0.2, 0.25) is 0 Å². The Kier molecular flexibility index (Phi) is 5.13. The maximum absolute atomic E-state index is 13.5. The van der Waals surface area contributed by atoms with Gasteiger partial charge in [-0.3, -0.25) is 4.79 Å². The molecule has 0 aliphatic heterocycles. The minimum atomic E-state index is -0.705. The minimum absolute atomic E-state index is 0.0496. The molecule has 0 radical (unpaired) electrons. The van der Waals surface area contributed by atoms with Gasteiger partial charge in [0.25, 0.3) is 5.91 Å². The maximum atomic E-state index is 13.5. The first-order valence-electron chi connectivity index (χ1n) is 6.24. The lowest BCUT2D eigenvalue weighted by Crippen LogP contribution is -2.34. The summed E-state index contributed by atoms with van der Waals surface area (Å²) in [5, 5.41) is 12.2. The fraction of sp³-hybridized carbons (Fsp3) is 0.500. The predicted molar refractivity (Wildman–Crippen MR) is 69.1 cm³/mol. The summed E-state index contributed by atoms with van der Waals surface area (Å²) in [6, 6.07) is 3.78. The number of amides is 1. The van der Waals surface area contributed by atoms with Gasteiger partial charge in [0.05, 0.1) is 0 Å². The van der Waals surface area contributed by atoms with Crippen molar-refractivity contribution < 1.29 is 14.3 Å². The van der Waals surface area contributed by atoms with Crippen LogP contribution in [-0.4, -0.2) is 17.1 Å². The molecule has 2 N–H and O–H groups in total. The summed E-state index contributed by atoms with van der Waals surface area (Å²) < 4.78 is 13.5. The van der Waals surface area contributed by atoms with Crippen molar-refractivity contribution in [1.29, 1.82) is 0 Å². The summed E-state index contributed by atoms with van der Waals surface area (Å²) in [5.41, 5.74) is -0.284. The van der Waals surface area contributed by atoms with Gasteiger partial charge < -0.3 is 10.4 Å². The van der Waals surface area contributed by atoms with Crippen LogP contribution in [0.1, 0.15) is 44.0 Å². The molecule has 1 amide bonds. The van der Waals surface area contributed by atoms with E-state index in [1.165, 1.54) is 12.1 Å². The summed E-state index contributed by atoms with van der Waals surface area (Å²) >= 11 is 0. The van der Waals surface area contributed by atoms with Crippen molar-refractivity contribution in [2.24, 2.45) is 5.92 Å². The molecule has 0 aromatic heterocycles. The van der Waals surface area contributed by atoms with Gasteiger partial charge in [0.15, 0.2) is 0 Å². The monoisotopic (exact) mass is 253 g/mol. The van der Waals surface area contributed by atoms with E-state index >= 15 is 0 Å². The number of benzene rings is 1. The summed E-state index contributed by atoms with van der Waals surface area (Å²) in [4.78, 5) is 11.9. The zero-order chi connectivity index (χ0) is 13.7. The summed E-state index contributed by atoms with van der Waals surface area (Å²) in [6.07, 6.45) is 1.86. The number of phenolic OH excluding ortho intramolecular Hbond substituents is 1. The van der Waals surface area contributed by atoms with E-state index in [0.29, 0.717) is 5.92 Å². The molecule has 100 valence electrons. The molecule has 2 atom stereocenters. The Morgan fingerprint density at radius 3 is 2.67 bits per heavy atom. The number of carbonyl (C=O) groups is 1. The minimum Gasteiger partial charge on any atom is -0.507 e. The largest absolute Gasteiger partial charge is 0.507 e. The quantitative estimate of drug-likeness (QED) is 0.847. The van der Waals surface area contributed by atoms with E-state index in [4.69, 9.17) is 0 Å². The molecule has 0 fully saturated rings. The molecule has 0 saturated carbocycles. The van der Waals surface area contributed by atoms with Gasteiger partial charge in [-0.1, -0.05) is 26.3 Å². The van der Waals surface area contributed by atoms with Crippen LogP contribution < -0.4 is 5.32 Å². The van der Waals surface area contributed by atoms with Gasteiger partial charge in [-0.2, -0.15) is 0 Å². The van der Waals surface area contributed by atoms with E-state index in [0.717, 1.165) is 18.9 Å². The second kappa shape index (κ2) is 6.38. The Balaban J connectivity index is 2.71. The van der Waals surface area contributed by atoms with Gasteiger partial charge in [-0.25, -0.2) is 4.39 Å². The molecule has 1 aromatic rings. The van der Waals surface area contributed by atoms with Crippen molar-refractivity contribution in [2.75, 3.05) is 0 Å². The smallest absolute Gasteiger partial charge is 0.258 e. The first-order valence-corrected chi connectivity index (χ1v) is 6.24. The normalized spacial score (nSPS) is 14.0. The number of hydrogen-bond donors (Lipinski definition) is 2. The molecule has 2 unspecified atom stereocenters. The van der Waals surface area contributed by atoms with Crippen LogP contribution >= 0.6 is 0 Å². The molecular formula is C14H20FNO2. The van der Waals surface area contributed by atoms with Gasteiger partial charge >= 0.3 is 0 Å². The van der Waals surface area contributed by atoms with E-state index in [1.807, 2.05) is 6.92 Å². The molecule has 0 bridgehead atoms. The van der Waals surface area contributed by atoms with Crippen LogP contribution in [0.5, 0.6) is 5.75 Å². The van der Waals surface area contributed by atoms with Gasteiger partial charge in [-0.15, -0.1) is 0 Å². The van der Waals surface area contributed by atoms with Gasteiger partial charge in [0, 0.05) is 6.04 Å². The van der Waals surface area contributed by atoms with Crippen LogP contribution in [-0.2, 0) is 0 Å². The molecule has 3 nitrogen and oxygen atoms in total. The van der Waals surface area contributed by atoms with Crippen LogP contribution in [0.4, 0.5) is 4.39 Å². The van der Waals surface area contributed by atoms with E-state index in [2.05, 4.69) is 19.2 Å². The van der Waals surface area contributed by atoms with E-state index in [1.54, 1.807) is 0 Å². The topological polar surface area (TPSA) is 49.3 Å². The first kappa shape index (κ1) is 14.5. The third-order valence-electron chi connectivity index (χ3n) is 3.05. The number of carbonyl (C=O) groups excluding carboxylic acids is 1. The highest BCUT2D eigenvalue weighted by molar-refractivity contribution is 5.97. The second-order valence-corrected chi connectivity index (χ2v) is 4.76. The van der Waals surface area contributed by atoms with E-state index in [9.17, 15) is 14.3 Å². The third-order valence-corrected chi connectivity index (χ3v) is 3.05. The Bertz CT molecular complexity index is 400. The average Bonchev–Trinajstić information content (AvgIpc) is 2.28. The molecule has 0 spiro atoms. The zero-order valence-electron chi connectivity index (χ0n) is 11.0. The predicted octanol–water partition coefficient (Wildman–Crippen LogP) is 3.09. The standard InChI is InChI=1S/C14H20FNO2/c1-4-9(2)8-10(3)16-14(18)13-11(15)6-5-7-12(13)17/h5-7,9-10,17H,4,8H2,1-3H3,(H,16,18). The molecule has 1 aromatic carbocycles. The Labute approximate surface area is 107 Å². The van der Waals surface area contributed by atoms with Crippen molar-refractivity contribution in [3.05, 3.63) is 29.6 Å². The fourth-order valence-electron chi connectivity index (χ4n) is 1.86. The third kappa shape index (κ3) is 3.72. The number of nitrogens with one attached hydrogen (secondary N) is 1. The second-order valence-electron chi connectivity index (χ2n) is 4.76. The van der Waals surface area contributed by atoms with Crippen molar-refractivity contribution in [3.63, 3.8) is 0 Å². The Morgan fingerprint density at radius 1 is 1.44 bits per heavy atom. The van der Waals surface area contributed by atoms with Crippen molar-refractivity contribution >= 4 is 5.91 Å². The van der Waals surface area contributed by atoms with Crippen LogP contribution in [0.25, 0.3) is 0 Å². The van der Waals surface area contributed by atoms with E-state index in [-0.39, 0.29) is 17.4 Å². The number of rotatable bonds is 5. The highest BCUT2D eigenvalue weighted by atomic mass is 19.1. The molecular weight excluding hydrogens is 233 g/mol. The molecule has 0 saturated heterocycles. The van der Waals surface area contributed by atoms with Gasteiger partial charge in [-0.05, 0) is 31.4 Å². The molecule has 0 aliphatic carbocycles. The Hall–Kier alpha value is -1.58. The van der Waals surface area contributed by atoms with E-state index < -0.39 is 11.7 Å². The highest BCUT2D eigenvalue weighted by Crippen LogP contribution is 2.20. The van der Waals surface area contributed by atoms with Crippen LogP contribution in [0.15, 0.2) is 18.2 Å². The number of aromatic hydroxyl groups is 1. The lowest BCUT2D eigenvalue weighted by Gasteiger charge is -2.18. The number of halogens is 1. The van der Waals surface area contributed by atoms with Gasteiger partial charge in [0.1, 0.15) is 17.1 Å². The molecule has 4 heteroatoms. The van der Waals surface area contributed by atoms with Crippen LogP contribution in [0.2, 0.25) is 0 Å². The maximum Gasteiger partial charge on any atom is 0.258 e. The first-order chi connectivity index (χ1) is 8.45. The number of phenols is 1. The molecule has 0 aliphatic rings. The fourth-order valence-corrected chi connectivity index (χ4v) is 1.86. The average molecular weight is 253 g/mol. The molecule has 18 heavy (non-hydrogen) atoms. The number of hydrogen-bond acceptors (Lipinski definition) is 2. The highest BCUT2D eigenvalue weighted by Gasteiger charge is 2.18.